The van der Waals surface area contributed by atoms with Gasteiger partial charge in [-0.15, -0.1) is 0 Å². The number of fused-ring (bicyclic) bond motifs is 1. The number of allylic oxidation sites excluding steroid dienone is 2. The van der Waals surface area contributed by atoms with Crippen LogP contribution in [0.1, 0.15) is 47.3 Å². The molecule has 1 aromatic rings. The monoisotopic (exact) mass is 348 g/mol. The van der Waals surface area contributed by atoms with Crippen LogP contribution in [0, 0.1) is 12.8 Å². The molecule has 1 atom stereocenters. The summed E-state index contributed by atoms with van der Waals surface area (Å²) in [5.41, 5.74) is 3.22. The van der Waals surface area contributed by atoms with Crippen LogP contribution in [0.5, 0.6) is 11.5 Å². The Morgan fingerprint density at radius 2 is 2.08 bits per heavy atom. The average Bonchev–Trinajstić information content (AvgIpc) is 2.98. The van der Waals surface area contributed by atoms with Gasteiger partial charge in [0, 0.05) is 11.1 Å². The third kappa shape index (κ3) is 3.62. The van der Waals surface area contributed by atoms with Crippen LogP contribution in [0.25, 0.3) is 0 Å². The Hall–Kier alpha value is -2.50. The van der Waals surface area contributed by atoms with E-state index >= 15 is 0 Å². The number of hydrogen-bond acceptors (Lipinski definition) is 6. The predicted molar refractivity (Wildman–Crippen MR) is 91.8 cm³/mol. The minimum Gasteiger partial charge on any atom is -0.507 e. The van der Waals surface area contributed by atoms with E-state index in [0.29, 0.717) is 29.7 Å². The summed E-state index contributed by atoms with van der Waals surface area (Å²) in [7, 11) is 2.90. The highest BCUT2D eigenvalue weighted by Crippen LogP contribution is 2.42. The highest BCUT2D eigenvalue weighted by atomic mass is 16.5. The first-order chi connectivity index (χ1) is 11.8. The molecule has 0 bridgehead atoms. The molecule has 1 N–H and O–H groups in total. The van der Waals surface area contributed by atoms with E-state index in [1.807, 2.05) is 19.9 Å². The van der Waals surface area contributed by atoms with Gasteiger partial charge in [0.15, 0.2) is 0 Å². The number of aromatic hydroxyl groups is 1. The SMILES string of the molecule is COC(=O)C(C)CC(C)=CCc1c(O)c2c(c(C)c1OC)COC2=O. The second-order valence-electron chi connectivity index (χ2n) is 6.30. The average molecular weight is 348 g/mol. The maximum atomic E-state index is 11.9. The van der Waals surface area contributed by atoms with Gasteiger partial charge < -0.3 is 19.3 Å². The molecular weight excluding hydrogens is 324 g/mol. The third-order valence-electron chi connectivity index (χ3n) is 4.53. The van der Waals surface area contributed by atoms with Gasteiger partial charge in [-0.3, -0.25) is 4.79 Å². The van der Waals surface area contributed by atoms with Crippen molar-refractivity contribution in [1.29, 1.82) is 0 Å². The zero-order valence-corrected chi connectivity index (χ0v) is 15.3. The number of methoxy groups -OCH3 is 2. The van der Waals surface area contributed by atoms with Gasteiger partial charge in [0.25, 0.3) is 0 Å². The minimum atomic E-state index is -0.514. The number of carbonyl (C=O) groups excluding carboxylic acids is 2. The van der Waals surface area contributed by atoms with Crippen molar-refractivity contribution in [3.63, 3.8) is 0 Å². The summed E-state index contributed by atoms with van der Waals surface area (Å²) in [6.45, 7) is 5.71. The Balaban J connectivity index is 2.32. The van der Waals surface area contributed by atoms with Crippen LogP contribution in [-0.2, 0) is 27.3 Å². The molecule has 1 unspecified atom stereocenters. The van der Waals surface area contributed by atoms with Crippen molar-refractivity contribution >= 4 is 11.9 Å². The summed E-state index contributed by atoms with van der Waals surface area (Å²) >= 11 is 0. The van der Waals surface area contributed by atoms with E-state index in [0.717, 1.165) is 11.1 Å². The quantitative estimate of drug-likeness (QED) is 0.628. The zero-order chi connectivity index (χ0) is 18.7. The molecule has 136 valence electrons. The van der Waals surface area contributed by atoms with E-state index < -0.39 is 5.97 Å². The molecule has 0 amide bonds. The number of ether oxygens (including phenoxy) is 3. The second kappa shape index (κ2) is 7.59. The van der Waals surface area contributed by atoms with Gasteiger partial charge in [0.2, 0.25) is 0 Å². The summed E-state index contributed by atoms with van der Waals surface area (Å²) in [6.07, 6.45) is 2.86. The molecule has 6 nitrogen and oxygen atoms in total. The molecule has 1 heterocycles. The van der Waals surface area contributed by atoms with E-state index in [9.17, 15) is 14.7 Å². The molecule has 6 heteroatoms. The Morgan fingerprint density at radius 3 is 2.68 bits per heavy atom. The maximum Gasteiger partial charge on any atom is 0.342 e. The molecule has 25 heavy (non-hydrogen) atoms. The van der Waals surface area contributed by atoms with Crippen LogP contribution in [0.2, 0.25) is 0 Å². The first-order valence-electron chi connectivity index (χ1n) is 8.13. The molecule has 1 aromatic carbocycles. The highest BCUT2D eigenvalue weighted by Gasteiger charge is 2.31. The number of cyclic esters (lactones) is 1. The maximum absolute atomic E-state index is 11.9. The minimum absolute atomic E-state index is 0.0926. The number of rotatable bonds is 6. The number of hydrogen-bond donors (Lipinski definition) is 1. The van der Waals surface area contributed by atoms with Gasteiger partial charge in [-0.25, -0.2) is 4.79 Å². The van der Waals surface area contributed by atoms with Crippen molar-refractivity contribution in [1.82, 2.24) is 0 Å². The number of phenols is 1. The van der Waals surface area contributed by atoms with E-state index in [-0.39, 0.29) is 29.8 Å². The van der Waals surface area contributed by atoms with Crippen molar-refractivity contribution in [2.45, 2.75) is 40.2 Å². The lowest BCUT2D eigenvalue weighted by atomic mass is 9.94. The van der Waals surface area contributed by atoms with Crippen molar-refractivity contribution in [2.75, 3.05) is 14.2 Å². The summed E-state index contributed by atoms with van der Waals surface area (Å²) in [5, 5.41) is 10.6. The Labute approximate surface area is 147 Å². The van der Waals surface area contributed by atoms with Crippen LogP contribution >= 0.6 is 0 Å². The third-order valence-corrected chi connectivity index (χ3v) is 4.53. The van der Waals surface area contributed by atoms with E-state index in [4.69, 9.17) is 14.2 Å². The standard InChI is InChI=1S/C19H24O6/c1-10(8-11(2)18(21)24-5)6-7-13-16(20)15-14(9-25-19(15)22)12(3)17(13)23-4/h6,11,20H,7-9H2,1-5H3. The highest BCUT2D eigenvalue weighted by molar-refractivity contribution is 5.98. The molecular formula is C19H24O6. The van der Waals surface area contributed by atoms with Crippen molar-refractivity contribution in [3.8, 4) is 11.5 Å². The summed E-state index contributed by atoms with van der Waals surface area (Å²) < 4.78 is 15.2. The number of benzene rings is 1. The largest absolute Gasteiger partial charge is 0.507 e. The normalized spacial score (nSPS) is 14.8. The van der Waals surface area contributed by atoms with Crippen molar-refractivity contribution in [2.24, 2.45) is 5.92 Å². The molecule has 0 fully saturated rings. The molecule has 0 aliphatic carbocycles. The van der Waals surface area contributed by atoms with E-state index in [2.05, 4.69) is 0 Å². The molecule has 0 saturated heterocycles. The number of phenolic OH excluding ortho intramolecular Hbond substituents is 1. The molecule has 2 rings (SSSR count). The Kier molecular flexibility index (Phi) is 5.72. The predicted octanol–water partition coefficient (Wildman–Crippen LogP) is 3.07. The fourth-order valence-electron chi connectivity index (χ4n) is 3.16. The molecule has 0 saturated carbocycles. The smallest absolute Gasteiger partial charge is 0.342 e. The Bertz CT molecular complexity index is 732. The van der Waals surface area contributed by atoms with Gasteiger partial charge in [0.1, 0.15) is 23.7 Å². The summed E-state index contributed by atoms with van der Waals surface area (Å²) in [6, 6.07) is 0. The number of esters is 2. The fourth-order valence-corrected chi connectivity index (χ4v) is 3.16. The van der Waals surface area contributed by atoms with Gasteiger partial charge >= 0.3 is 11.9 Å². The summed E-state index contributed by atoms with van der Waals surface area (Å²) in [4.78, 5) is 23.4. The van der Waals surface area contributed by atoms with Gasteiger partial charge in [-0.2, -0.15) is 0 Å². The zero-order valence-electron chi connectivity index (χ0n) is 15.3. The molecule has 0 spiro atoms. The lowest BCUT2D eigenvalue weighted by molar-refractivity contribution is -0.144. The first kappa shape index (κ1) is 18.8. The van der Waals surface area contributed by atoms with Crippen LogP contribution < -0.4 is 4.74 Å². The number of carbonyl (C=O) groups is 2. The lowest BCUT2D eigenvalue weighted by Gasteiger charge is -2.16. The molecule has 1 aliphatic rings. The topological polar surface area (TPSA) is 82.1 Å². The van der Waals surface area contributed by atoms with Crippen molar-refractivity contribution in [3.05, 3.63) is 33.9 Å². The van der Waals surface area contributed by atoms with E-state index in [1.165, 1.54) is 14.2 Å². The fraction of sp³-hybridized carbons (Fsp3) is 0.474. The van der Waals surface area contributed by atoms with Gasteiger partial charge in [-0.05, 0) is 32.3 Å². The van der Waals surface area contributed by atoms with Crippen molar-refractivity contribution < 1.29 is 28.9 Å². The van der Waals surface area contributed by atoms with Crippen LogP contribution in [0.15, 0.2) is 11.6 Å². The van der Waals surface area contributed by atoms with Crippen LogP contribution in [0.3, 0.4) is 0 Å². The first-order valence-corrected chi connectivity index (χ1v) is 8.13. The molecule has 1 aliphatic heterocycles. The summed E-state index contributed by atoms with van der Waals surface area (Å²) in [5.74, 6) is -0.554. The van der Waals surface area contributed by atoms with Gasteiger partial charge in [-0.1, -0.05) is 18.6 Å². The molecule has 0 aromatic heterocycles. The van der Waals surface area contributed by atoms with Crippen LogP contribution in [-0.4, -0.2) is 31.3 Å². The second-order valence-corrected chi connectivity index (χ2v) is 6.30. The van der Waals surface area contributed by atoms with Gasteiger partial charge in [0.05, 0.1) is 20.1 Å². The van der Waals surface area contributed by atoms with E-state index in [1.54, 1.807) is 6.92 Å². The Morgan fingerprint density at radius 1 is 1.40 bits per heavy atom. The lowest BCUT2D eigenvalue weighted by Crippen LogP contribution is -2.12. The molecule has 0 radical (unpaired) electrons. The van der Waals surface area contributed by atoms with Crippen LogP contribution in [0.4, 0.5) is 0 Å².